The molecule has 3 N–H and O–H groups in total. The van der Waals surface area contributed by atoms with Crippen molar-refractivity contribution in [3.63, 3.8) is 0 Å². The molecule has 1 aromatic carbocycles. The summed E-state index contributed by atoms with van der Waals surface area (Å²) in [6, 6.07) is 2.43. The van der Waals surface area contributed by atoms with Crippen molar-refractivity contribution in [3.05, 3.63) is 34.0 Å². The summed E-state index contributed by atoms with van der Waals surface area (Å²) in [5.41, 5.74) is 6.13. The van der Waals surface area contributed by atoms with E-state index in [1.165, 1.54) is 13.0 Å². The van der Waals surface area contributed by atoms with Crippen LogP contribution in [0.2, 0.25) is 5.02 Å². The zero-order valence-electron chi connectivity index (χ0n) is 15.1. The van der Waals surface area contributed by atoms with E-state index in [0.29, 0.717) is 11.0 Å². The van der Waals surface area contributed by atoms with Crippen LogP contribution in [0.3, 0.4) is 0 Å². The Morgan fingerprint density at radius 2 is 1.88 bits per heavy atom. The number of carbonyl (C=O) groups is 1. The molecular weight excluding hydrogens is 345 g/mol. The molecule has 0 bridgehead atoms. The highest BCUT2D eigenvalue weighted by Gasteiger charge is 2.52. The Bertz CT molecular complexity index is 706. The van der Waals surface area contributed by atoms with Crippen LogP contribution in [0.15, 0.2) is 17.6 Å². The van der Waals surface area contributed by atoms with Crippen molar-refractivity contribution in [2.24, 2.45) is 0 Å². The van der Waals surface area contributed by atoms with E-state index in [-0.39, 0.29) is 23.2 Å². The minimum atomic E-state index is -0.696. The Labute approximate surface area is 152 Å². The standard InChI is InChI=1S/C17H23BClFN2O3/c1-10(23)22-9-12(18-24-16(2,3)17(4,5)25-18)6-11-7-13(20)8-14(19)15(11)21/h6-8H,9,21H2,1-5H3,(H,22,23). The van der Waals surface area contributed by atoms with E-state index in [1.54, 1.807) is 6.08 Å². The van der Waals surface area contributed by atoms with Gasteiger partial charge in [-0.25, -0.2) is 4.39 Å². The quantitative estimate of drug-likeness (QED) is 0.632. The van der Waals surface area contributed by atoms with Crippen molar-refractivity contribution >= 4 is 36.4 Å². The lowest BCUT2D eigenvalue weighted by Crippen LogP contribution is -2.41. The Hall–Kier alpha value is -1.57. The minimum Gasteiger partial charge on any atom is -0.400 e. The predicted octanol–water partition coefficient (Wildman–Crippen LogP) is 3.21. The molecule has 0 aromatic heterocycles. The molecule has 1 aliphatic heterocycles. The lowest BCUT2D eigenvalue weighted by molar-refractivity contribution is -0.118. The zero-order valence-corrected chi connectivity index (χ0v) is 15.8. The molecule has 1 heterocycles. The fourth-order valence-corrected chi connectivity index (χ4v) is 2.56. The number of rotatable bonds is 4. The average Bonchev–Trinajstić information content (AvgIpc) is 2.68. The number of hydrogen-bond donors (Lipinski definition) is 2. The van der Waals surface area contributed by atoms with Gasteiger partial charge < -0.3 is 20.4 Å². The Morgan fingerprint density at radius 1 is 1.32 bits per heavy atom. The van der Waals surface area contributed by atoms with Gasteiger partial charge in [-0.15, -0.1) is 0 Å². The van der Waals surface area contributed by atoms with Crippen LogP contribution in [-0.4, -0.2) is 30.8 Å². The zero-order chi connectivity index (χ0) is 19.0. The fourth-order valence-electron chi connectivity index (χ4n) is 2.35. The molecule has 1 amide bonds. The van der Waals surface area contributed by atoms with Gasteiger partial charge in [0.2, 0.25) is 5.91 Å². The SMILES string of the molecule is CC(=O)NCC(=Cc1cc(F)cc(Cl)c1N)B1OC(C)(C)C(C)(C)O1. The lowest BCUT2D eigenvalue weighted by atomic mass is 9.76. The molecule has 2 rings (SSSR count). The maximum atomic E-state index is 13.7. The van der Waals surface area contributed by atoms with Crippen molar-refractivity contribution in [1.29, 1.82) is 0 Å². The van der Waals surface area contributed by atoms with Crippen LogP contribution in [0.25, 0.3) is 6.08 Å². The van der Waals surface area contributed by atoms with Crippen LogP contribution < -0.4 is 11.1 Å². The van der Waals surface area contributed by atoms with Gasteiger partial charge in [0, 0.05) is 19.0 Å². The first kappa shape index (κ1) is 19.8. The number of nitrogens with one attached hydrogen (secondary N) is 1. The van der Waals surface area contributed by atoms with Crippen molar-refractivity contribution in [3.8, 4) is 0 Å². The van der Waals surface area contributed by atoms with Gasteiger partial charge >= 0.3 is 7.12 Å². The first-order valence-corrected chi connectivity index (χ1v) is 8.36. The van der Waals surface area contributed by atoms with E-state index in [2.05, 4.69) is 5.32 Å². The van der Waals surface area contributed by atoms with Crippen molar-refractivity contribution in [1.82, 2.24) is 5.32 Å². The predicted molar refractivity (Wildman–Crippen MR) is 98.6 cm³/mol. The highest BCUT2D eigenvalue weighted by molar-refractivity contribution is 6.56. The molecule has 5 nitrogen and oxygen atoms in total. The molecule has 1 saturated heterocycles. The van der Waals surface area contributed by atoms with E-state index >= 15 is 0 Å². The van der Waals surface area contributed by atoms with Crippen LogP contribution in [0.1, 0.15) is 40.2 Å². The van der Waals surface area contributed by atoms with Gasteiger partial charge in [-0.3, -0.25) is 4.79 Å². The van der Waals surface area contributed by atoms with E-state index in [1.807, 2.05) is 27.7 Å². The third-order valence-electron chi connectivity index (χ3n) is 4.56. The average molecular weight is 369 g/mol. The van der Waals surface area contributed by atoms with Gasteiger partial charge in [-0.05, 0) is 45.3 Å². The summed E-state index contributed by atoms with van der Waals surface area (Å²) >= 11 is 5.95. The Morgan fingerprint density at radius 3 is 2.40 bits per heavy atom. The fraction of sp³-hybridized carbons (Fsp3) is 0.471. The number of carbonyl (C=O) groups excluding carboxylic acids is 1. The number of hydrogen-bond acceptors (Lipinski definition) is 4. The van der Waals surface area contributed by atoms with Crippen LogP contribution in [0, 0.1) is 5.82 Å². The monoisotopic (exact) mass is 368 g/mol. The van der Waals surface area contributed by atoms with Gasteiger partial charge in [0.1, 0.15) is 5.82 Å². The maximum Gasteiger partial charge on any atom is 0.492 e. The van der Waals surface area contributed by atoms with E-state index in [9.17, 15) is 9.18 Å². The Balaban J connectivity index is 2.42. The molecule has 0 radical (unpaired) electrons. The van der Waals surface area contributed by atoms with Gasteiger partial charge in [0.15, 0.2) is 0 Å². The first-order chi connectivity index (χ1) is 11.4. The van der Waals surface area contributed by atoms with Crippen LogP contribution in [0.5, 0.6) is 0 Å². The highest BCUT2D eigenvalue weighted by atomic mass is 35.5. The topological polar surface area (TPSA) is 73.6 Å². The second kappa shape index (κ2) is 6.98. The van der Waals surface area contributed by atoms with Gasteiger partial charge in [-0.2, -0.15) is 0 Å². The van der Waals surface area contributed by atoms with Crippen molar-refractivity contribution in [2.45, 2.75) is 45.8 Å². The normalized spacial score (nSPS) is 19.2. The molecule has 25 heavy (non-hydrogen) atoms. The first-order valence-electron chi connectivity index (χ1n) is 7.98. The number of benzene rings is 1. The number of nitrogens with two attached hydrogens (primary N) is 1. The summed E-state index contributed by atoms with van der Waals surface area (Å²) in [4.78, 5) is 11.3. The molecule has 1 aromatic rings. The molecule has 0 aliphatic carbocycles. The van der Waals surface area contributed by atoms with Crippen molar-refractivity contribution in [2.75, 3.05) is 12.3 Å². The lowest BCUT2D eigenvalue weighted by Gasteiger charge is -2.32. The van der Waals surface area contributed by atoms with Gasteiger partial charge in [-0.1, -0.05) is 17.7 Å². The number of anilines is 1. The molecule has 8 heteroatoms. The summed E-state index contributed by atoms with van der Waals surface area (Å²) in [6.07, 6.45) is 1.64. The summed E-state index contributed by atoms with van der Waals surface area (Å²) in [7, 11) is -0.696. The summed E-state index contributed by atoms with van der Waals surface area (Å²) in [5.74, 6) is -0.703. The second-order valence-corrected chi connectivity index (χ2v) is 7.51. The molecule has 1 fully saturated rings. The Kier molecular flexibility index (Phi) is 5.51. The molecule has 0 atom stereocenters. The molecule has 0 saturated carbocycles. The molecular formula is C17H23BClFN2O3. The van der Waals surface area contributed by atoms with Crippen LogP contribution >= 0.6 is 11.6 Å². The highest BCUT2D eigenvalue weighted by Crippen LogP contribution is 2.39. The molecule has 1 aliphatic rings. The van der Waals surface area contributed by atoms with Crippen LogP contribution in [0.4, 0.5) is 10.1 Å². The number of nitrogen functional groups attached to an aromatic ring is 1. The van der Waals surface area contributed by atoms with E-state index < -0.39 is 24.1 Å². The van der Waals surface area contributed by atoms with E-state index in [0.717, 1.165) is 6.07 Å². The number of halogens is 2. The number of amides is 1. The maximum absolute atomic E-state index is 13.7. The van der Waals surface area contributed by atoms with Crippen molar-refractivity contribution < 1.29 is 18.5 Å². The summed E-state index contributed by atoms with van der Waals surface area (Å²) in [6.45, 7) is 9.30. The third kappa shape index (κ3) is 4.34. The largest absolute Gasteiger partial charge is 0.492 e. The second-order valence-electron chi connectivity index (χ2n) is 7.11. The van der Waals surface area contributed by atoms with Crippen LogP contribution in [-0.2, 0) is 14.1 Å². The molecule has 136 valence electrons. The van der Waals surface area contributed by atoms with Gasteiger partial charge in [0.25, 0.3) is 0 Å². The third-order valence-corrected chi connectivity index (χ3v) is 4.88. The minimum absolute atomic E-state index is 0.124. The van der Waals surface area contributed by atoms with Gasteiger partial charge in [0.05, 0.1) is 21.9 Å². The summed E-state index contributed by atoms with van der Waals surface area (Å²) < 4.78 is 25.7. The molecule has 0 unspecified atom stereocenters. The smallest absolute Gasteiger partial charge is 0.400 e. The molecule has 0 spiro atoms. The van der Waals surface area contributed by atoms with E-state index in [4.69, 9.17) is 26.6 Å². The summed E-state index contributed by atoms with van der Waals surface area (Å²) in [5, 5.41) is 2.84.